The molecular weight excluding hydrogens is 279 g/mol. The Balaban J connectivity index is 2.17. The highest BCUT2D eigenvalue weighted by atomic mass is 35.5. The lowest BCUT2D eigenvalue weighted by atomic mass is 9.74. The lowest BCUT2D eigenvalue weighted by Gasteiger charge is -2.42. The number of aliphatic hydroxyl groups is 1. The van der Waals surface area contributed by atoms with Crippen LogP contribution in [0.25, 0.3) is 0 Å². The third-order valence-corrected chi connectivity index (χ3v) is 4.87. The van der Waals surface area contributed by atoms with E-state index in [4.69, 9.17) is 16.3 Å². The molecule has 112 valence electrons. The minimum atomic E-state index is -0.672. The highest BCUT2D eigenvalue weighted by Crippen LogP contribution is 2.38. The van der Waals surface area contributed by atoms with Gasteiger partial charge in [0.15, 0.2) is 0 Å². The molecule has 1 N–H and O–H groups in total. The van der Waals surface area contributed by atoms with E-state index in [9.17, 15) is 9.50 Å². The number of benzene rings is 1. The van der Waals surface area contributed by atoms with Gasteiger partial charge in [-0.25, -0.2) is 4.39 Å². The summed E-state index contributed by atoms with van der Waals surface area (Å²) < 4.78 is 19.1. The van der Waals surface area contributed by atoms with Crippen LogP contribution in [0.3, 0.4) is 0 Å². The fourth-order valence-electron chi connectivity index (χ4n) is 3.27. The van der Waals surface area contributed by atoms with Crippen molar-refractivity contribution in [1.82, 2.24) is 0 Å². The topological polar surface area (TPSA) is 29.5 Å². The molecular formula is C16H22ClFO2. The SMILES string of the molecule is COC1(C(O)Cc2cccc(F)c2Cl)CCCC(C)C1. The molecule has 4 heteroatoms. The van der Waals surface area contributed by atoms with Gasteiger partial charge in [0, 0.05) is 13.5 Å². The summed E-state index contributed by atoms with van der Waals surface area (Å²) in [5, 5.41) is 10.7. The lowest BCUT2D eigenvalue weighted by Crippen LogP contribution is -2.48. The molecule has 1 saturated carbocycles. The largest absolute Gasteiger partial charge is 0.390 e. The predicted octanol–water partition coefficient (Wildman–Crippen LogP) is 3.98. The van der Waals surface area contributed by atoms with Gasteiger partial charge in [0.2, 0.25) is 0 Å². The van der Waals surface area contributed by atoms with Gasteiger partial charge in [-0.1, -0.05) is 43.5 Å². The van der Waals surface area contributed by atoms with E-state index in [0.29, 0.717) is 17.9 Å². The molecule has 0 radical (unpaired) electrons. The monoisotopic (exact) mass is 300 g/mol. The zero-order valence-corrected chi connectivity index (χ0v) is 12.8. The molecule has 0 heterocycles. The maximum atomic E-state index is 13.5. The predicted molar refractivity (Wildman–Crippen MR) is 78.5 cm³/mol. The second kappa shape index (κ2) is 6.42. The average molecular weight is 301 g/mol. The first kappa shape index (κ1) is 15.7. The number of methoxy groups -OCH3 is 1. The van der Waals surface area contributed by atoms with Crippen LogP contribution in [-0.4, -0.2) is 23.9 Å². The molecule has 1 fully saturated rings. The molecule has 2 nitrogen and oxygen atoms in total. The van der Waals surface area contributed by atoms with Gasteiger partial charge in [-0.05, 0) is 30.4 Å². The highest BCUT2D eigenvalue weighted by molar-refractivity contribution is 6.31. The van der Waals surface area contributed by atoms with Crippen molar-refractivity contribution in [3.63, 3.8) is 0 Å². The third kappa shape index (κ3) is 3.16. The normalized spacial score (nSPS) is 28.4. The van der Waals surface area contributed by atoms with Crippen molar-refractivity contribution < 1.29 is 14.2 Å². The zero-order valence-electron chi connectivity index (χ0n) is 12.0. The van der Waals surface area contributed by atoms with E-state index in [-0.39, 0.29) is 5.02 Å². The molecule has 0 amide bonds. The van der Waals surface area contributed by atoms with Gasteiger partial charge in [0.1, 0.15) is 5.82 Å². The molecule has 3 unspecified atom stereocenters. The fourth-order valence-corrected chi connectivity index (χ4v) is 3.47. The summed E-state index contributed by atoms with van der Waals surface area (Å²) in [6.07, 6.45) is 3.52. The Kier molecular flexibility index (Phi) is 5.05. The van der Waals surface area contributed by atoms with Gasteiger partial charge in [0.05, 0.1) is 16.7 Å². The maximum Gasteiger partial charge on any atom is 0.142 e. The first-order valence-corrected chi connectivity index (χ1v) is 7.52. The number of rotatable bonds is 4. The molecule has 0 bridgehead atoms. The summed E-state index contributed by atoms with van der Waals surface area (Å²) in [6.45, 7) is 2.18. The summed E-state index contributed by atoms with van der Waals surface area (Å²) in [4.78, 5) is 0. The third-order valence-electron chi connectivity index (χ3n) is 4.45. The van der Waals surface area contributed by atoms with E-state index in [1.807, 2.05) is 0 Å². The number of hydrogen-bond acceptors (Lipinski definition) is 2. The van der Waals surface area contributed by atoms with Crippen LogP contribution in [0.5, 0.6) is 0 Å². The fraction of sp³-hybridized carbons (Fsp3) is 0.625. The number of ether oxygens (including phenoxy) is 1. The summed E-state index contributed by atoms with van der Waals surface area (Å²) in [5.41, 5.74) is 0.0988. The summed E-state index contributed by atoms with van der Waals surface area (Å²) >= 11 is 5.97. The Labute approximate surface area is 124 Å². The van der Waals surface area contributed by atoms with Crippen molar-refractivity contribution in [2.45, 2.75) is 50.7 Å². The van der Waals surface area contributed by atoms with Crippen LogP contribution in [0.4, 0.5) is 4.39 Å². The molecule has 0 saturated heterocycles. The minimum Gasteiger partial charge on any atom is -0.390 e. The van der Waals surface area contributed by atoms with Gasteiger partial charge in [-0.3, -0.25) is 0 Å². The maximum absolute atomic E-state index is 13.5. The second-order valence-corrected chi connectivity index (χ2v) is 6.28. The Morgan fingerprint density at radius 3 is 2.95 bits per heavy atom. The van der Waals surface area contributed by atoms with Crippen LogP contribution in [0.2, 0.25) is 5.02 Å². The molecule has 2 rings (SSSR count). The average Bonchev–Trinajstić information content (AvgIpc) is 2.43. The summed E-state index contributed by atoms with van der Waals surface area (Å²) in [6, 6.07) is 4.70. The number of hydrogen-bond donors (Lipinski definition) is 1. The van der Waals surface area contributed by atoms with Crippen molar-refractivity contribution >= 4 is 11.6 Å². The van der Waals surface area contributed by atoms with Gasteiger partial charge >= 0.3 is 0 Å². The van der Waals surface area contributed by atoms with Crippen molar-refractivity contribution in [2.75, 3.05) is 7.11 Å². The second-order valence-electron chi connectivity index (χ2n) is 5.90. The van der Waals surface area contributed by atoms with E-state index < -0.39 is 17.5 Å². The van der Waals surface area contributed by atoms with Crippen LogP contribution >= 0.6 is 11.6 Å². The quantitative estimate of drug-likeness (QED) is 0.911. The smallest absolute Gasteiger partial charge is 0.142 e. The van der Waals surface area contributed by atoms with Gasteiger partial charge in [0.25, 0.3) is 0 Å². The van der Waals surface area contributed by atoms with Crippen LogP contribution in [0.1, 0.15) is 38.2 Å². The van der Waals surface area contributed by atoms with E-state index in [1.165, 1.54) is 12.5 Å². The Morgan fingerprint density at radius 2 is 2.30 bits per heavy atom. The minimum absolute atomic E-state index is 0.0988. The van der Waals surface area contributed by atoms with Crippen LogP contribution < -0.4 is 0 Å². The molecule has 0 aliphatic heterocycles. The highest BCUT2D eigenvalue weighted by Gasteiger charge is 2.41. The van der Waals surface area contributed by atoms with E-state index in [1.54, 1.807) is 19.2 Å². The summed E-state index contributed by atoms with van der Waals surface area (Å²) in [5.74, 6) is 0.0844. The molecule has 0 aromatic heterocycles. The van der Waals surface area contributed by atoms with Crippen molar-refractivity contribution in [3.8, 4) is 0 Å². The molecule has 1 aliphatic rings. The Morgan fingerprint density at radius 1 is 1.55 bits per heavy atom. The van der Waals surface area contributed by atoms with E-state index in [2.05, 4.69) is 6.92 Å². The van der Waals surface area contributed by atoms with E-state index >= 15 is 0 Å². The van der Waals surface area contributed by atoms with Gasteiger partial charge in [-0.2, -0.15) is 0 Å². The van der Waals surface area contributed by atoms with Crippen molar-refractivity contribution in [3.05, 3.63) is 34.6 Å². The van der Waals surface area contributed by atoms with Crippen LogP contribution in [0.15, 0.2) is 18.2 Å². The number of halogens is 2. The van der Waals surface area contributed by atoms with Crippen LogP contribution in [-0.2, 0) is 11.2 Å². The molecule has 20 heavy (non-hydrogen) atoms. The van der Waals surface area contributed by atoms with Gasteiger partial charge < -0.3 is 9.84 Å². The van der Waals surface area contributed by atoms with Crippen LogP contribution in [0, 0.1) is 11.7 Å². The Bertz CT molecular complexity index is 466. The first-order valence-electron chi connectivity index (χ1n) is 7.14. The zero-order chi connectivity index (χ0) is 14.8. The molecule has 0 spiro atoms. The molecule has 3 atom stereocenters. The van der Waals surface area contributed by atoms with Crippen molar-refractivity contribution in [2.24, 2.45) is 5.92 Å². The first-order chi connectivity index (χ1) is 9.48. The lowest BCUT2D eigenvalue weighted by molar-refractivity contribution is -0.131. The molecule has 1 aliphatic carbocycles. The summed E-state index contributed by atoms with van der Waals surface area (Å²) in [7, 11) is 1.65. The Hall–Kier alpha value is -0.640. The number of aliphatic hydroxyl groups excluding tert-OH is 1. The molecule has 1 aromatic carbocycles. The standard InChI is InChI=1S/C16H22ClFO2/c1-11-5-4-8-16(10-11,20-2)14(19)9-12-6-3-7-13(18)15(12)17/h3,6-7,11,14,19H,4-5,8-10H2,1-2H3. The molecule has 1 aromatic rings. The van der Waals surface area contributed by atoms with Gasteiger partial charge in [-0.15, -0.1) is 0 Å². The van der Waals surface area contributed by atoms with Crippen molar-refractivity contribution in [1.29, 1.82) is 0 Å². The van der Waals surface area contributed by atoms with E-state index in [0.717, 1.165) is 19.3 Å².